The molecule has 0 aliphatic carbocycles. The van der Waals surface area contributed by atoms with Crippen LogP contribution in [0.25, 0.3) is 0 Å². The molecule has 1 atom stereocenters. The number of nitrogens with two attached hydrogens (primary N) is 1. The molecule has 1 aromatic rings. The van der Waals surface area contributed by atoms with Crippen LogP contribution in [-0.2, 0) is 9.59 Å². The maximum absolute atomic E-state index is 12.0. The van der Waals surface area contributed by atoms with Gasteiger partial charge in [0.05, 0.1) is 6.04 Å². The molecule has 0 bridgehead atoms. The number of carbonyl (C=O) groups is 3. The molecule has 8 heteroatoms. The van der Waals surface area contributed by atoms with E-state index in [1.165, 1.54) is 6.92 Å². The van der Waals surface area contributed by atoms with Crippen molar-refractivity contribution in [1.82, 2.24) is 10.6 Å². The van der Waals surface area contributed by atoms with Crippen LogP contribution < -0.4 is 21.1 Å². The smallest absolute Gasteiger partial charge is 0.319 e. The van der Waals surface area contributed by atoms with Crippen LogP contribution in [0.5, 0.6) is 5.75 Å². The summed E-state index contributed by atoms with van der Waals surface area (Å²) < 4.78 is 6.15. The lowest BCUT2D eigenvalue weighted by molar-refractivity contribution is -0.120. The maximum atomic E-state index is 12.0. The molecule has 1 aliphatic rings. The number of allylic oxidation sites excluding steroid dienone is 1. The Bertz CT molecular complexity index is 715. The number of amides is 3. The third-order valence-corrected chi connectivity index (χ3v) is 3.79. The summed E-state index contributed by atoms with van der Waals surface area (Å²) in [7, 11) is 0. The first-order chi connectivity index (χ1) is 10.8. The van der Waals surface area contributed by atoms with Gasteiger partial charge in [0.15, 0.2) is 12.4 Å². The molecule has 0 radical (unpaired) electrons. The highest BCUT2D eigenvalue weighted by molar-refractivity contribution is 9.10. The maximum Gasteiger partial charge on any atom is 0.319 e. The first kappa shape index (κ1) is 17.0. The monoisotopic (exact) mass is 381 g/mol. The lowest BCUT2D eigenvalue weighted by Gasteiger charge is -2.29. The van der Waals surface area contributed by atoms with E-state index in [2.05, 4.69) is 26.6 Å². The number of ketones is 1. The van der Waals surface area contributed by atoms with E-state index in [1.54, 1.807) is 25.1 Å². The summed E-state index contributed by atoms with van der Waals surface area (Å²) in [6.07, 6.45) is 0. The van der Waals surface area contributed by atoms with Gasteiger partial charge >= 0.3 is 6.03 Å². The average molecular weight is 382 g/mol. The van der Waals surface area contributed by atoms with E-state index in [0.29, 0.717) is 22.6 Å². The van der Waals surface area contributed by atoms with Gasteiger partial charge in [0, 0.05) is 21.3 Å². The summed E-state index contributed by atoms with van der Waals surface area (Å²) in [5.74, 6) is -0.432. The fraction of sp³-hybridized carbons (Fsp3) is 0.267. The zero-order valence-electron chi connectivity index (χ0n) is 12.6. The van der Waals surface area contributed by atoms with Crippen LogP contribution in [0, 0.1) is 0 Å². The molecule has 0 fully saturated rings. The molecule has 0 unspecified atom stereocenters. The minimum Gasteiger partial charge on any atom is -0.483 e. The number of halogens is 1. The van der Waals surface area contributed by atoms with E-state index in [0.717, 1.165) is 4.47 Å². The Kier molecular flexibility index (Phi) is 5.05. The van der Waals surface area contributed by atoms with Crippen molar-refractivity contribution in [3.63, 3.8) is 0 Å². The number of hydrogen-bond acceptors (Lipinski definition) is 4. The van der Waals surface area contributed by atoms with E-state index in [-0.39, 0.29) is 12.4 Å². The number of urea groups is 1. The van der Waals surface area contributed by atoms with E-state index < -0.39 is 18.0 Å². The van der Waals surface area contributed by atoms with Gasteiger partial charge in [0.25, 0.3) is 5.91 Å². The van der Waals surface area contributed by atoms with Crippen molar-refractivity contribution < 1.29 is 19.1 Å². The summed E-state index contributed by atoms with van der Waals surface area (Å²) >= 11 is 3.35. The van der Waals surface area contributed by atoms with Gasteiger partial charge in [-0.15, -0.1) is 0 Å². The van der Waals surface area contributed by atoms with Gasteiger partial charge in [-0.1, -0.05) is 15.9 Å². The molecule has 23 heavy (non-hydrogen) atoms. The summed E-state index contributed by atoms with van der Waals surface area (Å²) in [5.41, 5.74) is 6.56. The lowest BCUT2D eigenvalue weighted by atomic mass is 9.92. The number of rotatable bonds is 5. The summed E-state index contributed by atoms with van der Waals surface area (Å²) in [4.78, 5) is 34.7. The molecule has 0 saturated carbocycles. The predicted octanol–water partition coefficient (Wildman–Crippen LogP) is 1.53. The molecule has 122 valence electrons. The molecule has 7 nitrogen and oxygen atoms in total. The number of hydrogen-bond donors (Lipinski definition) is 3. The first-order valence-electron chi connectivity index (χ1n) is 6.79. The Morgan fingerprint density at radius 1 is 1.39 bits per heavy atom. The third kappa shape index (κ3) is 3.89. The molecule has 1 aliphatic heterocycles. The molecule has 1 heterocycles. The highest BCUT2D eigenvalue weighted by Gasteiger charge is 2.31. The summed E-state index contributed by atoms with van der Waals surface area (Å²) in [5, 5.41) is 5.28. The average Bonchev–Trinajstić information content (AvgIpc) is 2.44. The molecule has 1 aromatic carbocycles. The van der Waals surface area contributed by atoms with Gasteiger partial charge in [-0.05, 0) is 32.0 Å². The Morgan fingerprint density at radius 3 is 2.70 bits per heavy atom. The Labute approximate surface area is 141 Å². The van der Waals surface area contributed by atoms with Crippen LogP contribution >= 0.6 is 15.9 Å². The van der Waals surface area contributed by atoms with Gasteiger partial charge in [-0.3, -0.25) is 9.59 Å². The zero-order valence-corrected chi connectivity index (χ0v) is 14.2. The molecule has 2 rings (SSSR count). The number of Topliss-reactive ketones (excluding diaryl/α,β-unsaturated/α-hetero) is 1. The standard InChI is InChI=1S/C15H16BrN3O4/c1-7-13(8(2)20)14(19-15(22)18-7)10-5-9(16)3-4-11(10)23-6-12(17)21/h3-5,14H,6H2,1-2H3,(H2,17,21)(H2,18,19,22)/t14-/m1/s1. The number of carbonyl (C=O) groups excluding carboxylic acids is 3. The second-order valence-corrected chi connectivity index (χ2v) is 5.98. The highest BCUT2D eigenvalue weighted by atomic mass is 79.9. The second-order valence-electron chi connectivity index (χ2n) is 5.06. The van der Waals surface area contributed by atoms with Crippen LogP contribution in [0.4, 0.5) is 4.79 Å². The third-order valence-electron chi connectivity index (χ3n) is 3.30. The van der Waals surface area contributed by atoms with Crippen molar-refractivity contribution in [2.45, 2.75) is 19.9 Å². The Morgan fingerprint density at radius 2 is 2.09 bits per heavy atom. The minimum absolute atomic E-state index is 0.180. The van der Waals surface area contributed by atoms with Gasteiger partial charge in [0.2, 0.25) is 0 Å². The molecule has 0 aromatic heterocycles. The summed E-state index contributed by atoms with van der Waals surface area (Å²) in [6.45, 7) is 2.78. The first-order valence-corrected chi connectivity index (χ1v) is 7.58. The van der Waals surface area contributed by atoms with Gasteiger partial charge < -0.3 is 21.1 Å². The SMILES string of the molecule is CC(=O)C1=C(C)NC(=O)N[C@@H]1c1cc(Br)ccc1OCC(N)=O. The lowest BCUT2D eigenvalue weighted by Crippen LogP contribution is -2.44. The van der Waals surface area contributed by atoms with Crippen LogP contribution in [0.3, 0.4) is 0 Å². The zero-order chi connectivity index (χ0) is 17.1. The normalized spacial score (nSPS) is 17.3. The fourth-order valence-corrected chi connectivity index (χ4v) is 2.80. The van der Waals surface area contributed by atoms with Crippen LogP contribution in [0.15, 0.2) is 33.9 Å². The van der Waals surface area contributed by atoms with Crippen molar-refractivity contribution in [3.8, 4) is 5.75 Å². The van der Waals surface area contributed by atoms with Crippen molar-refractivity contribution in [1.29, 1.82) is 0 Å². The summed E-state index contributed by atoms with van der Waals surface area (Å²) in [6, 6.07) is 4.00. The Balaban J connectivity index is 2.51. The van der Waals surface area contributed by atoms with E-state index >= 15 is 0 Å². The largest absolute Gasteiger partial charge is 0.483 e. The molecule has 4 N–H and O–H groups in total. The molecular weight excluding hydrogens is 366 g/mol. The van der Waals surface area contributed by atoms with Crippen molar-refractivity contribution in [2.75, 3.05) is 6.61 Å². The molecular formula is C15H16BrN3O4. The van der Waals surface area contributed by atoms with Crippen molar-refractivity contribution in [2.24, 2.45) is 5.73 Å². The molecule has 3 amide bonds. The number of primary amides is 1. The second kappa shape index (κ2) is 6.82. The van der Waals surface area contributed by atoms with Gasteiger partial charge in [-0.2, -0.15) is 0 Å². The van der Waals surface area contributed by atoms with Crippen molar-refractivity contribution in [3.05, 3.63) is 39.5 Å². The van der Waals surface area contributed by atoms with E-state index in [9.17, 15) is 14.4 Å². The minimum atomic E-state index is -0.679. The van der Waals surface area contributed by atoms with Crippen LogP contribution in [0.2, 0.25) is 0 Å². The van der Waals surface area contributed by atoms with Gasteiger partial charge in [0.1, 0.15) is 5.75 Å². The van der Waals surface area contributed by atoms with Gasteiger partial charge in [-0.25, -0.2) is 4.79 Å². The van der Waals surface area contributed by atoms with Crippen LogP contribution in [0.1, 0.15) is 25.5 Å². The quantitative estimate of drug-likeness (QED) is 0.717. The fourth-order valence-electron chi connectivity index (χ4n) is 2.42. The predicted molar refractivity (Wildman–Crippen MR) is 86.6 cm³/mol. The molecule has 0 spiro atoms. The van der Waals surface area contributed by atoms with E-state index in [1.807, 2.05) is 0 Å². The molecule has 0 saturated heterocycles. The highest BCUT2D eigenvalue weighted by Crippen LogP contribution is 2.35. The van der Waals surface area contributed by atoms with Crippen molar-refractivity contribution >= 4 is 33.7 Å². The Hall–Kier alpha value is -2.35. The number of nitrogens with one attached hydrogen (secondary N) is 2. The topological polar surface area (TPSA) is 111 Å². The number of benzene rings is 1. The van der Waals surface area contributed by atoms with E-state index in [4.69, 9.17) is 10.5 Å². The van der Waals surface area contributed by atoms with Crippen LogP contribution in [-0.4, -0.2) is 24.3 Å². The number of ether oxygens (including phenoxy) is 1.